The topological polar surface area (TPSA) is 25.2 Å². The van der Waals surface area contributed by atoms with Crippen LogP contribution in [0, 0.1) is 0 Å². The molecule has 2 aromatic rings. The molecule has 1 aromatic carbocycles. The predicted octanol–water partition coefficient (Wildman–Crippen LogP) is 2.74. The molecular formula is C10H9NOS2. The maximum absolute atomic E-state index is 5.56. The van der Waals surface area contributed by atoms with Crippen LogP contribution in [0.15, 0.2) is 34.7 Å². The number of thiocarbonyl (C=S) groups is 1. The molecule has 1 heterocycles. The minimum atomic E-state index is 0.477. The highest BCUT2D eigenvalue weighted by molar-refractivity contribution is 8.11. The molecular weight excluding hydrogens is 214 g/mol. The Bertz CT molecular complexity index is 431. The fraction of sp³-hybridized carbons (Fsp3) is 0.100. The lowest BCUT2D eigenvalue weighted by atomic mass is 10.2. The Hall–Kier alpha value is -1.00. The van der Waals surface area contributed by atoms with Gasteiger partial charge in [-0.1, -0.05) is 30.4 Å². The van der Waals surface area contributed by atoms with Crippen molar-refractivity contribution in [2.24, 2.45) is 0 Å². The van der Waals surface area contributed by atoms with Crippen molar-refractivity contribution in [1.82, 2.24) is 5.32 Å². The Morgan fingerprint density at radius 2 is 2.21 bits per heavy atom. The van der Waals surface area contributed by atoms with Gasteiger partial charge in [-0.25, -0.2) is 0 Å². The number of hydrogen-bond acceptors (Lipinski definition) is 2. The van der Waals surface area contributed by atoms with Crippen LogP contribution in [0.25, 0.3) is 11.0 Å². The van der Waals surface area contributed by atoms with Crippen LogP contribution in [-0.4, -0.2) is 4.32 Å². The van der Waals surface area contributed by atoms with Gasteiger partial charge < -0.3 is 9.73 Å². The lowest BCUT2D eigenvalue weighted by Crippen LogP contribution is -2.14. The number of thiol groups is 1. The first-order valence-corrected chi connectivity index (χ1v) is 5.05. The normalized spacial score (nSPS) is 10.4. The van der Waals surface area contributed by atoms with Gasteiger partial charge in [-0.3, -0.25) is 0 Å². The lowest BCUT2D eigenvalue weighted by molar-refractivity contribution is 0.542. The summed E-state index contributed by atoms with van der Waals surface area (Å²) >= 11 is 8.76. The van der Waals surface area contributed by atoms with E-state index < -0.39 is 0 Å². The van der Waals surface area contributed by atoms with Crippen molar-refractivity contribution in [3.8, 4) is 0 Å². The summed E-state index contributed by atoms with van der Waals surface area (Å²) in [5.74, 6) is 0.864. The van der Waals surface area contributed by atoms with E-state index >= 15 is 0 Å². The fourth-order valence-electron chi connectivity index (χ4n) is 1.29. The third-order valence-corrected chi connectivity index (χ3v) is 2.19. The highest BCUT2D eigenvalue weighted by atomic mass is 32.1. The number of para-hydroxylation sites is 1. The standard InChI is InChI=1S/C10H9NOS2/c13-10(14)11-6-8-5-7-3-1-2-4-9(7)12-8/h1-5H,6H2,(H2,11,13,14). The van der Waals surface area contributed by atoms with Crippen LogP contribution in [0.3, 0.4) is 0 Å². The van der Waals surface area contributed by atoms with E-state index in [2.05, 4.69) is 17.9 Å². The molecule has 4 heteroatoms. The second kappa shape index (κ2) is 4.02. The molecule has 0 aliphatic rings. The Morgan fingerprint density at radius 1 is 1.43 bits per heavy atom. The number of benzene rings is 1. The van der Waals surface area contributed by atoms with Gasteiger partial charge in [0.1, 0.15) is 15.7 Å². The van der Waals surface area contributed by atoms with Crippen molar-refractivity contribution in [1.29, 1.82) is 0 Å². The Balaban J connectivity index is 2.22. The zero-order valence-electron chi connectivity index (χ0n) is 7.36. The Kier molecular flexibility index (Phi) is 2.74. The number of furan rings is 1. The zero-order valence-corrected chi connectivity index (χ0v) is 9.07. The van der Waals surface area contributed by atoms with E-state index in [1.54, 1.807) is 0 Å². The van der Waals surface area contributed by atoms with Crippen LogP contribution in [0.5, 0.6) is 0 Å². The van der Waals surface area contributed by atoms with Crippen LogP contribution < -0.4 is 5.32 Å². The van der Waals surface area contributed by atoms with E-state index in [0.717, 1.165) is 16.7 Å². The predicted molar refractivity (Wildman–Crippen MR) is 64.6 cm³/mol. The van der Waals surface area contributed by atoms with Crippen LogP contribution in [0.2, 0.25) is 0 Å². The van der Waals surface area contributed by atoms with Crippen molar-refractivity contribution < 1.29 is 4.42 Å². The largest absolute Gasteiger partial charge is 0.459 e. The van der Waals surface area contributed by atoms with E-state index in [9.17, 15) is 0 Å². The van der Waals surface area contributed by atoms with Crippen molar-refractivity contribution in [3.05, 3.63) is 36.1 Å². The molecule has 2 nitrogen and oxygen atoms in total. The summed E-state index contributed by atoms with van der Waals surface area (Å²) in [6, 6.07) is 9.89. The fourth-order valence-corrected chi connectivity index (χ4v) is 1.44. The SMILES string of the molecule is S=C(S)NCc1cc2ccccc2o1. The van der Waals surface area contributed by atoms with Gasteiger partial charge in [-0.05, 0) is 12.1 Å². The van der Waals surface area contributed by atoms with E-state index in [-0.39, 0.29) is 0 Å². The van der Waals surface area contributed by atoms with Crippen LogP contribution in [0.4, 0.5) is 0 Å². The van der Waals surface area contributed by atoms with Crippen LogP contribution >= 0.6 is 24.8 Å². The molecule has 0 amide bonds. The molecule has 14 heavy (non-hydrogen) atoms. The maximum atomic E-state index is 5.56. The Labute approximate surface area is 92.7 Å². The molecule has 1 aromatic heterocycles. The molecule has 0 radical (unpaired) electrons. The first-order valence-electron chi connectivity index (χ1n) is 4.20. The zero-order chi connectivity index (χ0) is 9.97. The highest BCUT2D eigenvalue weighted by Crippen LogP contribution is 2.18. The minimum Gasteiger partial charge on any atom is -0.459 e. The summed E-state index contributed by atoms with van der Waals surface area (Å²) in [6.07, 6.45) is 0. The molecule has 72 valence electrons. The number of fused-ring (bicyclic) bond motifs is 1. The smallest absolute Gasteiger partial charge is 0.134 e. The molecule has 0 fully saturated rings. The molecule has 0 aliphatic carbocycles. The second-order valence-corrected chi connectivity index (χ2v) is 4.07. The van der Waals surface area contributed by atoms with E-state index in [4.69, 9.17) is 16.6 Å². The monoisotopic (exact) mass is 223 g/mol. The van der Waals surface area contributed by atoms with Gasteiger partial charge in [0.2, 0.25) is 0 Å². The van der Waals surface area contributed by atoms with E-state index in [1.165, 1.54) is 0 Å². The van der Waals surface area contributed by atoms with Gasteiger partial charge in [0, 0.05) is 5.39 Å². The van der Waals surface area contributed by atoms with Crippen molar-refractivity contribution in [2.75, 3.05) is 0 Å². The van der Waals surface area contributed by atoms with Crippen LogP contribution in [0.1, 0.15) is 5.76 Å². The van der Waals surface area contributed by atoms with E-state index in [1.807, 2.05) is 30.3 Å². The average molecular weight is 223 g/mol. The van der Waals surface area contributed by atoms with Crippen LogP contribution in [-0.2, 0) is 6.54 Å². The average Bonchev–Trinajstić information content (AvgIpc) is 2.57. The number of nitrogens with one attached hydrogen (secondary N) is 1. The summed E-state index contributed by atoms with van der Waals surface area (Å²) in [6.45, 7) is 0.580. The first kappa shape index (κ1) is 9.55. The van der Waals surface area contributed by atoms with Gasteiger partial charge in [-0.2, -0.15) is 0 Å². The van der Waals surface area contributed by atoms with Gasteiger partial charge >= 0.3 is 0 Å². The molecule has 0 bridgehead atoms. The van der Waals surface area contributed by atoms with Crippen molar-refractivity contribution in [3.63, 3.8) is 0 Å². The lowest BCUT2D eigenvalue weighted by Gasteiger charge is -1.97. The Morgan fingerprint density at radius 3 is 2.93 bits per heavy atom. The molecule has 2 rings (SSSR count). The summed E-state index contributed by atoms with van der Waals surface area (Å²) in [5.41, 5.74) is 0.898. The van der Waals surface area contributed by atoms with Gasteiger partial charge in [0.15, 0.2) is 0 Å². The highest BCUT2D eigenvalue weighted by Gasteiger charge is 2.01. The molecule has 0 atom stereocenters. The third kappa shape index (κ3) is 2.08. The minimum absolute atomic E-state index is 0.477. The van der Waals surface area contributed by atoms with Crippen molar-refractivity contribution in [2.45, 2.75) is 6.54 Å². The molecule has 0 saturated carbocycles. The van der Waals surface area contributed by atoms with E-state index in [0.29, 0.717) is 10.9 Å². The quantitative estimate of drug-likeness (QED) is 0.605. The van der Waals surface area contributed by atoms with Gasteiger partial charge in [0.05, 0.1) is 6.54 Å². The molecule has 0 aliphatic heterocycles. The molecule has 1 N–H and O–H groups in total. The molecule has 0 spiro atoms. The third-order valence-electron chi connectivity index (χ3n) is 1.89. The summed E-state index contributed by atoms with van der Waals surface area (Å²) in [5, 5.41) is 4.03. The van der Waals surface area contributed by atoms with Gasteiger partial charge in [-0.15, -0.1) is 12.6 Å². The second-order valence-electron chi connectivity index (χ2n) is 2.91. The van der Waals surface area contributed by atoms with Gasteiger partial charge in [0.25, 0.3) is 0 Å². The van der Waals surface area contributed by atoms with Crippen molar-refractivity contribution >= 4 is 40.1 Å². The molecule has 0 saturated heterocycles. The summed E-state index contributed by atoms with van der Waals surface area (Å²) in [7, 11) is 0. The summed E-state index contributed by atoms with van der Waals surface area (Å²) in [4.78, 5) is 0. The first-order chi connectivity index (χ1) is 6.75. The maximum Gasteiger partial charge on any atom is 0.134 e. The number of rotatable bonds is 2. The number of hydrogen-bond donors (Lipinski definition) is 2. The summed E-state index contributed by atoms with van der Waals surface area (Å²) < 4.78 is 6.04. The molecule has 0 unspecified atom stereocenters.